The van der Waals surface area contributed by atoms with Crippen molar-refractivity contribution >= 4 is 5.97 Å². The van der Waals surface area contributed by atoms with Crippen LogP contribution in [0.5, 0.6) is 0 Å². The minimum atomic E-state index is -0.129. The summed E-state index contributed by atoms with van der Waals surface area (Å²) in [5, 5.41) is 0. The van der Waals surface area contributed by atoms with Crippen molar-refractivity contribution < 1.29 is 9.53 Å². The van der Waals surface area contributed by atoms with Crippen molar-refractivity contribution in [3.05, 3.63) is 11.1 Å². The second-order valence-electron chi connectivity index (χ2n) is 3.50. The van der Waals surface area contributed by atoms with Crippen LogP contribution >= 0.6 is 0 Å². The van der Waals surface area contributed by atoms with Gasteiger partial charge in [-0.2, -0.15) is 0 Å². The summed E-state index contributed by atoms with van der Waals surface area (Å²) in [6.45, 7) is 4.26. The van der Waals surface area contributed by atoms with Gasteiger partial charge in [0.1, 0.15) is 0 Å². The number of carbonyl (C=O) groups is 1. The molecule has 0 heterocycles. The molecule has 0 aromatic heterocycles. The highest BCUT2D eigenvalue weighted by molar-refractivity contribution is 5.89. The van der Waals surface area contributed by atoms with Crippen LogP contribution in [0.4, 0.5) is 0 Å². The van der Waals surface area contributed by atoms with E-state index < -0.39 is 0 Å². The van der Waals surface area contributed by atoms with Gasteiger partial charge in [-0.25, -0.2) is 4.79 Å². The molecule has 12 heavy (non-hydrogen) atoms. The molecule has 68 valence electrons. The first-order valence-electron chi connectivity index (χ1n) is 4.47. The number of methoxy groups -OCH3 is 1. The first kappa shape index (κ1) is 9.30. The van der Waals surface area contributed by atoms with E-state index in [2.05, 4.69) is 13.8 Å². The zero-order chi connectivity index (χ0) is 9.14. The number of hydrogen-bond donors (Lipinski definition) is 0. The monoisotopic (exact) mass is 168 g/mol. The molecule has 1 rings (SSSR count). The van der Waals surface area contributed by atoms with Crippen molar-refractivity contribution in [2.24, 2.45) is 5.92 Å². The fraction of sp³-hybridized carbons (Fsp3) is 0.700. The number of ether oxygens (including phenoxy) is 1. The molecule has 0 aromatic carbocycles. The average Bonchev–Trinajstić information content (AvgIpc) is 2.50. The minimum Gasteiger partial charge on any atom is -0.466 e. The third-order valence-electron chi connectivity index (χ3n) is 2.39. The molecule has 1 aliphatic rings. The van der Waals surface area contributed by atoms with Crippen LogP contribution in [-0.2, 0) is 9.53 Å². The molecule has 0 unspecified atom stereocenters. The first-order valence-corrected chi connectivity index (χ1v) is 4.47. The Bertz CT molecular complexity index is 214. The summed E-state index contributed by atoms with van der Waals surface area (Å²) < 4.78 is 4.72. The quantitative estimate of drug-likeness (QED) is 0.591. The summed E-state index contributed by atoms with van der Waals surface area (Å²) >= 11 is 0. The molecule has 0 saturated carbocycles. The molecule has 0 radical (unpaired) electrons. The second kappa shape index (κ2) is 3.74. The van der Waals surface area contributed by atoms with E-state index in [0.29, 0.717) is 5.92 Å². The summed E-state index contributed by atoms with van der Waals surface area (Å²) in [5.74, 6) is 0.359. The fourth-order valence-electron chi connectivity index (χ4n) is 1.76. The summed E-state index contributed by atoms with van der Waals surface area (Å²) in [5.41, 5.74) is 2.22. The van der Waals surface area contributed by atoms with E-state index in [9.17, 15) is 4.79 Å². The predicted molar refractivity (Wildman–Crippen MR) is 47.7 cm³/mol. The summed E-state index contributed by atoms with van der Waals surface area (Å²) in [4.78, 5) is 11.2. The van der Waals surface area contributed by atoms with Gasteiger partial charge in [0, 0.05) is 5.57 Å². The Balaban J connectivity index is 2.83. The number of hydrogen-bond acceptors (Lipinski definition) is 2. The van der Waals surface area contributed by atoms with Crippen LogP contribution in [0, 0.1) is 5.92 Å². The van der Waals surface area contributed by atoms with Crippen LogP contribution in [0.3, 0.4) is 0 Å². The van der Waals surface area contributed by atoms with Crippen LogP contribution in [0.2, 0.25) is 0 Å². The third kappa shape index (κ3) is 1.68. The van der Waals surface area contributed by atoms with Gasteiger partial charge >= 0.3 is 5.97 Å². The van der Waals surface area contributed by atoms with Crippen LogP contribution in [0.1, 0.15) is 33.1 Å². The van der Waals surface area contributed by atoms with Crippen LogP contribution < -0.4 is 0 Å². The molecule has 0 fully saturated rings. The lowest BCUT2D eigenvalue weighted by Crippen LogP contribution is -2.06. The van der Waals surface area contributed by atoms with E-state index in [0.717, 1.165) is 24.8 Å². The Labute approximate surface area is 73.6 Å². The maximum atomic E-state index is 11.2. The second-order valence-corrected chi connectivity index (χ2v) is 3.50. The largest absolute Gasteiger partial charge is 0.466 e. The molecular weight excluding hydrogens is 152 g/mol. The topological polar surface area (TPSA) is 26.3 Å². The van der Waals surface area contributed by atoms with Gasteiger partial charge in [-0.15, -0.1) is 0 Å². The molecule has 2 heteroatoms. The van der Waals surface area contributed by atoms with E-state index in [1.165, 1.54) is 12.7 Å². The molecule has 0 saturated heterocycles. The Morgan fingerprint density at radius 1 is 1.42 bits per heavy atom. The van der Waals surface area contributed by atoms with Gasteiger partial charge in [0.15, 0.2) is 0 Å². The Morgan fingerprint density at radius 2 is 2.08 bits per heavy atom. The highest BCUT2D eigenvalue weighted by Gasteiger charge is 2.22. The maximum Gasteiger partial charge on any atom is 0.333 e. The molecule has 1 aliphatic carbocycles. The Hall–Kier alpha value is -0.790. The fourth-order valence-corrected chi connectivity index (χ4v) is 1.76. The van der Waals surface area contributed by atoms with Crippen molar-refractivity contribution in [1.82, 2.24) is 0 Å². The van der Waals surface area contributed by atoms with Crippen molar-refractivity contribution in [3.8, 4) is 0 Å². The smallest absolute Gasteiger partial charge is 0.333 e. The van der Waals surface area contributed by atoms with Gasteiger partial charge in [-0.05, 0) is 25.2 Å². The minimum absolute atomic E-state index is 0.129. The van der Waals surface area contributed by atoms with Crippen molar-refractivity contribution in [2.45, 2.75) is 33.1 Å². The lowest BCUT2D eigenvalue weighted by Gasteiger charge is -2.08. The van der Waals surface area contributed by atoms with Crippen molar-refractivity contribution in [1.29, 1.82) is 0 Å². The van der Waals surface area contributed by atoms with E-state index in [1.807, 2.05) is 0 Å². The van der Waals surface area contributed by atoms with Gasteiger partial charge in [0.25, 0.3) is 0 Å². The van der Waals surface area contributed by atoms with E-state index in [4.69, 9.17) is 4.74 Å². The highest BCUT2D eigenvalue weighted by Crippen LogP contribution is 2.31. The number of carbonyl (C=O) groups excluding carboxylic acids is 1. The summed E-state index contributed by atoms with van der Waals surface area (Å²) in [6.07, 6.45) is 3.08. The summed E-state index contributed by atoms with van der Waals surface area (Å²) in [7, 11) is 1.45. The SMILES string of the molecule is COC(=O)C1=C(C(C)C)CCC1. The third-order valence-corrected chi connectivity index (χ3v) is 2.39. The van der Waals surface area contributed by atoms with Crippen LogP contribution in [0.15, 0.2) is 11.1 Å². The number of allylic oxidation sites excluding steroid dienone is 1. The molecular formula is C10H16O2. The summed E-state index contributed by atoms with van der Waals surface area (Å²) in [6, 6.07) is 0. The van der Waals surface area contributed by atoms with Crippen molar-refractivity contribution in [2.75, 3.05) is 7.11 Å². The maximum absolute atomic E-state index is 11.2. The Kier molecular flexibility index (Phi) is 2.90. The zero-order valence-electron chi connectivity index (χ0n) is 8.02. The first-order chi connectivity index (χ1) is 5.66. The molecule has 0 aromatic rings. The van der Waals surface area contributed by atoms with Crippen LogP contribution in [-0.4, -0.2) is 13.1 Å². The molecule has 0 aliphatic heterocycles. The molecule has 0 bridgehead atoms. The van der Waals surface area contributed by atoms with Crippen LogP contribution in [0.25, 0.3) is 0 Å². The molecule has 2 nitrogen and oxygen atoms in total. The van der Waals surface area contributed by atoms with Crippen molar-refractivity contribution in [3.63, 3.8) is 0 Å². The van der Waals surface area contributed by atoms with E-state index in [1.54, 1.807) is 0 Å². The molecule has 0 spiro atoms. The Morgan fingerprint density at radius 3 is 2.58 bits per heavy atom. The standard InChI is InChI=1S/C10H16O2/c1-7(2)8-5-4-6-9(8)10(11)12-3/h7H,4-6H2,1-3H3. The van der Waals surface area contributed by atoms with Gasteiger partial charge in [-0.3, -0.25) is 0 Å². The lowest BCUT2D eigenvalue weighted by atomic mass is 9.99. The van der Waals surface area contributed by atoms with Gasteiger partial charge < -0.3 is 4.74 Å². The molecule has 0 atom stereocenters. The van der Waals surface area contributed by atoms with E-state index >= 15 is 0 Å². The highest BCUT2D eigenvalue weighted by atomic mass is 16.5. The van der Waals surface area contributed by atoms with E-state index in [-0.39, 0.29) is 5.97 Å². The van der Waals surface area contributed by atoms with Gasteiger partial charge in [0.05, 0.1) is 7.11 Å². The lowest BCUT2D eigenvalue weighted by molar-refractivity contribution is -0.136. The predicted octanol–water partition coefficient (Wildman–Crippen LogP) is 2.30. The number of rotatable bonds is 2. The molecule has 0 amide bonds. The average molecular weight is 168 g/mol. The normalized spacial score (nSPS) is 17.3. The van der Waals surface area contributed by atoms with Gasteiger partial charge in [0.2, 0.25) is 0 Å². The van der Waals surface area contributed by atoms with Gasteiger partial charge in [-0.1, -0.05) is 19.4 Å². The number of esters is 1. The zero-order valence-corrected chi connectivity index (χ0v) is 8.02. The molecule has 0 N–H and O–H groups in total.